The Labute approximate surface area is 200 Å². The number of rotatable bonds is 7. The third-order valence-corrected chi connectivity index (χ3v) is 5.89. The maximum atomic E-state index is 13.1. The summed E-state index contributed by atoms with van der Waals surface area (Å²) in [6.07, 6.45) is 0.820. The average molecular weight is 465 g/mol. The number of hydrogen-bond donors (Lipinski definition) is 1. The molecule has 0 bridgehead atoms. The van der Waals surface area contributed by atoms with Crippen molar-refractivity contribution in [2.75, 3.05) is 38.2 Å². The zero-order chi connectivity index (χ0) is 24.1. The maximum Gasteiger partial charge on any atom is 0.291 e. The van der Waals surface area contributed by atoms with E-state index >= 15 is 0 Å². The molecule has 1 fully saturated rings. The summed E-state index contributed by atoms with van der Waals surface area (Å²) in [5, 5.41) is 3.62. The van der Waals surface area contributed by atoms with Gasteiger partial charge in [0.05, 0.1) is 19.8 Å². The molecule has 7 heteroatoms. The van der Waals surface area contributed by atoms with Crippen LogP contribution in [-0.4, -0.2) is 49.6 Å². The van der Waals surface area contributed by atoms with Crippen molar-refractivity contribution in [1.82, 2.24) is 4.90 Å². The molecule has 0 radical (unpaired) electrons. The topological polar surface area (TPSA) is 81.0 Å². The molecule has 1 aromatic heterocycles. The van der Waals surface area contributed by atoms with Crippen molar-refractivity contribution < 1.29 is 23.5 Å². The van der Waals surface area contributed by atoms with Gasteiger partial charge in [0, 0.05) is 24.9 Å². The van der Waals surface area contributed by atoms with Gasteiger partial charge < -0.3 is 24.1 Å². The summed E-state index contributed by atoms with van der Waals surface area (Å²) >= 11 is 0. The average Bonchev–Trinajstić information content (AvgIpc) is 3.20. The molecule has 0 saturated carbocycles. The van der Waals surface area contributed by atoms with Gasteiger partial charge in [-0.25, -0.2) is 0 Å². The third-order valence-electron chi connectivity index (χ3n) is 5.89. The fourth-order valence-corrected chi connectivity index (χ4v) is 3.91. The minimum absolute atomic E-state index is 0.0931. The highest BCUT2D eigenvalue weighted by Gasteiger charge is 2.27. The van der Waals surface area contributed by atoms with Crippen LogP contribution in [0.15, 0.2) is 52.9 Å². The van der Waals surface area contributed by atoms with E-state index in [-0.39, 0.29) is 29.4 Å². The van der Waals surface area contributed by atoms with Gasteiger partial charge in [-0.2, -0.15) is 0 Å². The highest BCUT2D eigenvalue weighted by Crippen LogP contribution is 2.32. The minimum Gasteiger partial charge on any atom is -0.494 e. The Kier molecular flexibility index (Phi) is 7.22. The molecule has 1 N–H and O–H groups in total. The first-order valence-corrected chi connectivity index (χ1v) is 11.7. The predicted molar refractivity (Wildman–Crippen MR) is 131 cm³/mol. The van der Waals surface area contributed by atoms with Gasteiger partial charge in [-0.05, 0) is 41.7 Å². The fourth-order valence-electron chi connectivity index (χ4n) is 3.91. The Morgan fingerprint density at radius 2 is 1.74 bits per heavy atom. The summed E-state index contributed by atoms with van der Waals surface area (Å²) in [5.41, 5.74) is 2.33. The normalized spacial score (nSPS) is 14.3. The standard InChI is InChI=1S/C27H32N2O5/c1-27(2,3)19-10-12-20(13-11-19)33-16-6-9-23(30)28-24-21-7-4-5-8-22(21)34-25(24)26(31)29-14-17-32-18-15-29/h4-5,7-8,10-13H,6,9,14-18H2,1-3H3,(H,28,30). The van der Waals surface area contributed by atoms with Crippen LogP contribution in [0.5, 0.6) is 5.75 Å². The molecule has 7 nitrogen and oxygen atoms in total. The van der Waals surface area contributed by atoms with E-state index in [4.69, 9.17) is 13.9 Å². The number of furan rings is 1. The van der Waals surface area contributed by atoms with E-state index in [1.54, 1.807) is 11.0 Å². The molecule has 1 aliphatic heterocycles. The van der Waals surface area contributed by atoms with Gasteiger partial charge in [-0.15, -0.1) is 0 Å². The second-order valence-corrected chi connectivity index (χ2v) is 9.48. The highest BCUT2D eigenvalue weighted by atomic mass is 16.5. The number of anilines is 1. The highest BCUT2D eigenvalue weighted by molar-refractivity contribution is 6.10. The van der Waals surface area contributed by atoms with Gasteiger partial charge in [-0.1, -0.05) is 45.0 Å². The SMILES string of the molecule is CC(C)(C)c1ccc(OCCCC(=O)Nc2c(C(=O)N3CCOCC3)oc3ccccc23)cc1. The fraction of sp³-hybridized carbons (Fsp3) is 0.407. The molecular formula is C27H32N2O5. The van der Waals surface area contributed by atoms with Crippen molar-refractivity contribution in [2.24, 2.45) is 0 Å². The summed E-state index contributed by atoms with van der Waals surface area (Å²) in [6, 6.07) is 15.4. The molecular weight excluding hydrogens is 432 g/mol. The van der Waals surface area contributed by atoms with Crippen LogP contribution in [0.2, 0.25) is 0 Å². The molecule has 2 amide bonds. The first-order valence-electron chi connectivity index (χ1n) is 11.7. The van der Waals surface area contributed by atoms with Gasteiger partial charge in [0.25, 0.3) is 5.91 Å². The molecule has 0 spiro atoms. The molecule has 2 heterocycles. The predicted octanol–water partition coefficient (Wildman–Crippen LogP) is 5.00. The second kappa shape index (κ2) is 10.3. The van der Waals surface area contributed by atoms with Crippen LogP contribution in [0.4, 0.5) is 5.69 Å². The number of ether oxygens (including phenoxy) is 2. The molecule has 0 unspecified atom stereocenters. The number of benzene rings is 2. The summed E-state index contributed by atoms with van der Waals surface area (Å²) in [5.74, 6) is 0.519. The number of nitrogens with zero attached hydrogens (tertiary/aromatic N) is 1. The van der Waals surface area contributed by atoms with E-state index in [0.717, 1.165) is 5.75 Å². The lowest BCUT2D eigenvalue weighted by Gasteiger charge is -2.26. The summed E-state index contributed by atoms with van der Waals surface area (Å²) in [7, 11) is 0. The molecule has 0 aliphatic carbocycles. The zero-order valence-electron chi connectivity index (χ0n) is 20.1. The van der Waals surface area contributed by atoms with Crippen LogP contribution in [0.3, 0.4) is 0 Å². The number of para-hydroxylation sites is 1. The van der Waals surface area contributed by atoms with Crippen LogP contribution < -0.4 is 10.1 Å². The van der Waals surface area contributed by atoms with Crippen molar-refractivity contribution in [3.63, 3.8) is 0 Å². The Hall–Kier alpha value is -3.32. The molecule has 3 aromatic rings. The number of hydrogen-bond acceptors (Lipinski definition) is 5. The molecule has 4 rings (SSSR count). The summed E-state index contributed by atoms with van der Waals surface area (Å²) in [4.78, 5) is 27.5. The van der Waals surface area contributed by atoms with Gasteiger partial charge in [0.1, 0.15) is 17.0 Å². The van der Waals surface area contributed by atoms with Gasteiger partial charge >= 0.3 is 0 Å². The van der Waals surface area contributed by atoms with Crippen LogP contribution in [0, 0.1) is 0 Å². The molecule has 34 heavy (non-hydrogen) atoms. The van der Waals surface area contributed by atoms with Gasteiger partial charge in [-0.3, -0.25) is 9.59 Å². The van der Waals surface area contributed by atoms with Gasteiger partial charge in [0.15, 0.2) is 0 Å². The van der Waals surface area contributed by atoms with Crippen molar-refractivity contribution in [3.05, 3.63) is 59.9 Å². The Morgan fingerprint density at radius 1 is 1.03 bits per heavy atom. The summed E-state index contributed by atoms with van der Waals surface area (Å²) in [6.45, 7) is 8.92. The number of morpholine rings is 1. The molecule has 180 valence electrons. The van der Waals surface area contributed by atoms with Crippen LogP contribution in [0.25, 0.3) is 11.0 Å². The van der Waals surface area contributed by atoms with Crippen LogP contribution in [0.1, 0.15) is 49.7 Å². The minimum atomic E-state index is -0.239. The number of fused-ring (bicyclic) bond motifs is 1. The number of carbonyl (C=O) groups is 2. The van der Waals surface area contributed by atoms with E-state index in [1.807, 2.05) is 30.3 Å². The van der Waals surface area contributed by atoms with Gasteiger partial charge in [0.2, 0.25) is 11.7 Å². The summed E-state index contributed by atoms with van der Waals surface area (Å²) < 4.78 is 17.0. The second-order valence-electron chi connectivity index (χ2n) is 9.48. The van der Waals surface area contributed by atoms with Crippen molar-refractivity contribution >= 4 is 28.5 Å². The van der Waals surface area contributed by atoms with Crippen molar-refractivity contribution in [2.45, 2.75) is 39.0 Å². The number of carbonyl (C=O) groups excluding carboxylic acids is 2. The smallest absolute Gasteiger partial charge is 0.291 e. The van der Waals surface area contributed by atoms with Crippen LogP contribution in [-0.2, 0) is 14.9 Å². The lowest BCUT2D eigenvalue weighted by molar-refractivity contribution is -0.116. The van der Waals surface area contributed by atoms with E-state index in [0.29, 0.717) is 56.0 Å². The molecule has 2 aromatic carbocycles. The van der Waals surface area contributed by atoms with E-state index in [1.165, 1.54) is 5.56 Å². The third kappa shape index (κ3) is 5.59. The number of amides is 2. The Morgan fingerprint density at radius 3 is 2.44 bits per heavy atom. The quantitative estimate of drug-likeness (QED) is 0.498. The van der Waals surface area contributed by atoms with E-state index < -0.39 is 0 Å². The lowest BCUT2D eigenvalue weighted by Crippen LogP contribution is -2.40. The Bertz CT molecular complexity index is 1140. The largest absolute Gasteiger partial charge is 0.494 e. The van der Waals surface area contributed by atoms with Crippen LogP contribution >= 0.6 is 0 Å². The molecule has 1 aliphatic rings. The van der Waals surface area contributed by atoms with E-state index in [9.17, 15) is 9.59 Å². The lowest BCUT2D eigenvalue weighted by atomic mass is 9.87. The maximum absolute atomic E-state index is 13.1. The first kappa shape index (κ1) is 23.8. The van der Waals surface area contributed by atoms with Crippen molar-refractivity contribution in [1.29, 1.82) is 0 Å². The van der Waals surface area contributed by atoms with E-state index in [2.05, 4.69) is 38.2 Å². The molecule has 1 saturated heterocycles. The monoisotopic (exact) mass is 464 g/mol. The van der Waals surface area contributed by atoms with Crippen molar-refractivity contribution in [3.8, 4) is 5.75 Å². The zero-order valence-corrected chi connectivity index (χ0v) is 20.1. The molecule has 0 atom stereocenters. The Balaban J connectivity index is 1.36. The number of nitrogens with one attached hydrogen (secondary N) is 1. The first-order chi connectivity index (χ1) is 16.3.